The lowest BCUT2D eigenvalue weighted by Gasteiger charge is -2.36. The topological polar surface area (TPSA) is 47.4 Å². The number of methoxy groups -OCH3 is 1. The van der Waals surface area contributed by atoms with Crippen LogP contribution in [0, 0.1) is 11.7 Å². The van der Waals surface area contributed by atoms with Gasteiger partial charge in [0.05, 0.1) is 31.0 Å². The number of amides is 1. The van der Waals surface area contributed by atoms with Gasteiger partial charge in [0.1, 0.15) is 5.82 Å². The van der Waals surface area contributed by atoms with Gasteiger partial charge in [-0.15, -0.1) is 0 Å². The molecule has 1 atom stereocenters. The molecular formula is C20H24FN3O2. The van der Waals surface area contributed by atoms with E-state index in [0.29, 0.717) is 24.6 Å². The average molecular weight is 357 g/mol. The summed E-state index contributed by atoms with van der Waals surface area (Å²) in [6, 6.07) is 6.12. The van der Waals surface area contributed by atoms with E-state index in [4.69, 9.17) is 4.74 Å². The molecule has 0 spiro atoms. The Hall–Kier alpha value is -2.21. The molecule has 1 aliphatic heterocycles. The van der Waals surface area contributed by atoms with E-state index in [0.717, 1.165) is 18.7 Å². The van der Waals surface area contributed by atoms with E-state index < -0.39 is 0 Å². The van der Waals surface area contributed by atoms with Crippen LogP contribution in [0.25, 0.3) is 0 Å². The minimum Gasteiger partial charge on any atom is -0.382 e. The van der Waals surface area contributed by atoms with Gasteiger partial charge in [0.2, 0.25) is 5.91 Å². The van der Waals surface area contributed by atoms with Gasteiger partial charge in [-0.2, -0.15) is 5.10 Å². The van der Waals surface area contributed by atoms with E-state index in [9.17, 15) is 9.18 Å². The fourth-order valence-electron chi connectivity index (χ4n) is 3.80. The molecule has 6 heteroatoms. The summed E-state index contributed by atoms with van der Waals surface area (Å²) < 4.78 is 20.9. The van der Waals surface area contributed by atoms with Crippen molar-refractivity contribution in [3.05, 3.63) is 53.1 Å². The summed E-state index contributed by atoms with van der Waals surface area (Å²) in [7, 11) is 1.66. The fourth-order valence-corrected chi connectivity index (χ4v) is 3.80. The molecule has 2 heterocycles. The lowest BCUT2D eigenvalue weighted by molar-refractivity contribution is -0.134. The summed E-state index contributed by atoms with van der Waals surface area (Å²) in [5.74, 6) is 0.398. The Morgan fingerprint density at radius 3 is 2.96 bits per heavy atom. The highest BCUT2D eigenvalue weighted by Gasteiger charge is 2.35. The quantitative estimate of drug-likeness (QED) is 0.799. The minimum atomic E-state index is -0.313. The first kappa shape index (κ1) is 17.2. The molecule has 1 amide bonds. The molecule has 0 radical (unpaired) electrons. The Morgan fingerprint density at radius 2 is 2.23 bits per heavy atom. The zero-order valence-corrected chi connectivity index (χ0v) is 15.0. The van der Waals surface area contributed by atoms with Gasteiger partial charge in [-0.3, -0.25) is 9.48 Å². The number of ether oxygens (including phenoxy) is 1. The van der Waals surface area contributed by atoms with E-state index >= 15 is 0 Å². The third kappa shape index (κ3) is 3.51. The number of carbonyl (C=O) groups excluding carboxylic acids is 1. The third-order valence-corrected chi connectivity index (χ3v) is 5.29. The first-order chi connectivity index (χ1) is 12.7. The zero-order chi connectivity index (χ0) is 18.1. The molecule has 1 aromatic carbocycles. The highest BCUT2D eigenvalue weighted by molar-refractivity contribution is 5.79. The number of benzene rings is 1. The van der Waals surface area contributed by atoms with Crippen molar-refractivity contribution in [1.29, 1.82) is 0 Å². The van der Waals surface area contributed by atoms with Crippen molar-refractivity contribution in [3.8, 4) is 0 Å². The van der Waals surface area contributed by atoms with Gasteiger partial charge < -0.3 is 9.64 Å². The first-order valence-electron chi connectivity index (χ1n) is 9.23. The van der Waals surface area contributed by atoms with Crippen molar-refractivity contribution in [3.63, 3.8) is 0 Å². The van der Waals surface area contributed by atoms with E-state index in [1.54, 1.807) is 19.2 Å². The van der Waals surface area contributed by atoms with E-state index in [-0.39, 0.29) is 24.2 Å². The summed E-state index contributed by atoms with van der Waals surface area (Å²) >= 11 is 0. The molecule has 1 saturated carbocycles. The van der Waals surface area contributed by atoms with Crippen LogP contribution in [0.4, 0.5) is 4.39 Å². The number of carbonyl (C=O) groups is 1. The second-order valence-electron chi connectivity index (χ2n) is 7.30. The van der Waals surface area contributed by atoms with Crippen LogP contribution in [-0.2, 0) is 28.9 Å². The van der Waals surface area contributed by atoms with E-state index in [1.807, 2.05) is 11.1 Å². The molecule has 1 fully saturated rings. The molecule has 0 bridgehead atoms. The number of halogens is 1. The smallest absolute Gasteiger partial charge is 0.227 e. The highest BCUT2D eigenvalue weighted by Crippen LogP contribution is 2.35. The number of hydrogen-bond donors (Lipinski definition) is 0. The number of nitrogens with zero attached hydrogens (tertiary/aromatic N) is 3. The molecule has 0 saturated heterocycles. The Kier molecular flexibility index (Phi) is 4.76. The molecule has 1 unspecified atom stereocenters. The molecular weight excluding hydrogens is 333 g/mol. The summed E-state index contributed by atoms with van der Waals surface area (Å²) in [6.45, 7) is 2.00. The Bertz CT molecular complexity index is 800. The highest BCUT2D eigenvalue weighted by atomic mass is 19.1. The number of rotatable bonds is 6. The Morgan fingerprint density at radius 1 is 1.38 bits per heavy atom. The summed E-state index contributed by atoms with van der Waals surface area (Å²) in [4.78, 5) is 14.8. The standard InChI is InChI=1S/C20H24FN3O2/c1-26-13-18-20-16(11-22-24(20)12-14-5-6-14)7-8-23(18)19(25)10-15-3-2-4-17(21)9-15/h2-4,9,11,14,18H,5-8,10,12-13H2,1H3. The van der Waals surface area contributed by atoms with Crippen LogP contribution < -0.4 is 0 Å². The summed E-state index contributed by atoms with van der Waals surface area (Å²) in [6.07, 6.45) is 5.45. The molecule has 4 rings (SSSR count). The van der Waals surface area contributed by atoms with Crippen LogP contribution in [0.5, 0.6) is 0 Å². The molecule has 5 nitrogen and oxygen atoms in total. The Labute approximate surface area is 152 Å². The van der Waals surface area contributed by atoms with Crippen LogP contribution in [-0.4, -0.2) is 40.8 Å². The van der Waals surface area contributed by atoms with Crippen molar-refractivity contribution in [2.75, 3.05) is 20.3 Å². The molecule has 138 valence electrons. The van der Waals surface area contributed by atoms with Gasteiger partial charge in [0.25, 0.3) is 0 Å². The average Bonchev–Trinajstić information content (AvgIpc) is 3.34. The van der Waals surface area contributed by atoms with Crippen LogP contribution in [0.15, 0.2) is 30.5 Å². The second kappa shape index (κ2) is 7.19. The summed E-state index contributed by atoms with van der Waals surface area (Å²) in [5.41, 5.74) is 3.02. The van der Waals surface area contributed by atoms with E-state index in [2.05, 4.69) is 9.78 Å². The molecule has 26 heavy (non-hydrogen) atoms. The SMILES string of the molecule is COCC1c2c(cnn2CC2CC2)CCN1C(=O)Cc1cccc(F)c1. The van der Waals surface area contributed by atoms with Crippen molar-refractivity contribution in [2.45, 2.75) is 38.3 Å². The normalized spacial score (nSPS) is 19.5. The van der Waals surface area contributed by atoms with Crippen LogP contribution >= 0.6 is 0 Å². The van der Waals surface area contributed by atoms with Gasteiger partial charge in [-0.05, 0) is 48.4 Å². The Balaban J connectivity index is 1.57. The van der Waals surface area contributed by atoms with Gasteiger partial charge in [-0.1, -0.05) is 12.1 Å². The van der Waals surface area contributed by atoms with Gasteiger partial charge in [-0.25, -0.2) is 4.39 Å². The predicted octanol–water partition coefficient (Wildman–Crippen LogP) is 2.75. The third-order valence-electron chi connectivity index (χ3n) is 5.29. The van der Waals surface area contributed by atoms with Gasteiger partial charge in [0.15, 0.2) is 0 Å². The maximum atomic E-state index is 13.4. The minimum absolute atomic E-state index is 0.00229. The maximum Gasteiger partial charge on any atom is 0.227 e. The largest absolute Gasteiger partial charge is 0.382 e. The van der Waals surface area contributed by atoms with Crippen LogP contribution in [0.1, 0.15) is 35.7 Å². The zero-order valence-electron chi connectivity index (χ0n) is 15.0. The van der Waals surface area contributed by atoms with Crippen molar-refractivity contribution in [2.24, 2.45) is 5.92 Å². The van der Waals surface area contributed by atoms with Crippen molar-refractivity contribution in [1.82, 2.24) is 14.7 Å². The lowest BCUT2D eigenvalue weighted by Crippen LogP contribution is -2.43. The molecule has 1 aliphatic carbocycles. The van der Waals surface area contributed by atoms with Gasteiger partial charge in [0, 0.05) is 20.2 Å². The van der Waals surface area contributed by atoms with Crippen LogP contribution in [0.2, 0.25) is 0 Å². The summed E-state index contributed by atoms with van der Waals surface area (Å²) in [5, 5.41) is 4.57. The second-order valence-corrected chi connectivity index (χ2v) is 7.30. The predicted molar refractivity (Wildman–Crippen MR) is 95.1 cm³/mol. The monoisotopic (exact) mass is 357 g/mol. The molecule has 0 N–H and O–H groups in total. The molecule has 2 aromatic rings. The molecule has 2 aliphatic rings. The van der Waals surface area contributed by atoms with Gasteiger partial charge >= 0.3 is 0 Å². The van der Waals surface area contributed by atoms with Crippen molar-refractivity contribution >= 4 is 5.91 Å². The first-order valence-corrected chi connectivity index (χ1v) is 9.23. The number of aromatic nitrogens is 2. The number of hydrogen-bond acceptors (Lipinski definition) is 3. The van der Waals surface area contributed by atoms with E-state index in [1.165, 1.54) is 30.5 Å². The fraction of sp³-hybridized carbons (Fsp3) is 0.500. The maximum absolute atomic E-state index is 13.4. The van der Waals surface area contributed by atoms with Crippen molar-refractivity contribution < 1.29 is 13.9 Å². The lowest BCUT2D eigenvalue weighted by atomic mass is 9.98. The van der Waals surface area contributed by atoms with Crippen LogP contribution in [0.3, 0.4) is 0 Å². The molecule has 1 aromatic heterocycles. The number of fused-ring (bicyclic) bond motifs is 1.